The predicted molar refractivity (Wildman–Crippen MR) is 166 cm³/mol. The highest BCUT2D eigenvalue weighted by molar-refractivity contribution is 9.10. The maximum Gasteiger partial charge on any atom is 0.261 e. The quantitative estimate of drug-likeness (QED) is 0.200. The van der Waals surface area contributed by atoms with E-state index in [2.05, 4.69) is 121 Å². The highest BCUT2D eigenvalue weighted by Crippen LogP contribution is 2.39. The van der Waals surface area contributed by atoms with Gasteiger partial charge in [-0.1, -0.05) is 110 Å². The number of fused-ring (bicyclic) bond motifs is 1. The van der Waals surface area contributed by atoms with E-state index in [4.69, 9.17) is 4.43 Å². The van der Waals surface area contributed by atoms with E-state index in [1.165, 1.54) is 10.4 Å². The Kier molecular flexibility index (Phi) is 8.24. The number of benzene rings is 3. The highest BCUT2D eigenvalue weighted by Gasteiger charge is 2.50. The van der Waals surface area contributed by atoms with Crippen LogP contribution in [-0.4, -0.2) is 19.5 Å². The Labute approximate surface area is 242 Å². The van der Waals surface area contributed by atoms with Crippen LogP contribution < -0.4 is 10.4 Å². The van der Waals surface area contributed by atoms with Crippen LogP contribution in [0.1, 0.15) is 52.8 Å². The summed E-state index contributed by atoms with van der Waals surface area (Å²) < 4.78 is 10.2. The van der Waals surface area contributed by atoms with Gasteiger partial charge in [0, 0.05) is 28.6 Å². The van der Waals surface area contributed by atoms with Crippen molar-refractivity contribution >= 4 is 45.5 Å². The Morgan fingerprint density at radius 3 is 1.95 bits per heavy atom. The first-order valence-corrected chi connectivity index (χ1v) is 16.0. The second-order valence-electron chi connectivity index (χ2n) is 11.9. The molecule has 4 rings (SSSR count). The van der Waals surface area contributed by atoms with Gasteiger partial charge in [0.05, 0.1) is 17.0 Å². The zero-order valence-corrected chi connectivity index (χ0v) is 26.2. The SMILES string of the molecule is C[C@H](CO[Si](c1ccccc1)(c1ccccc1)C(C)(C)C)Cn1c(C#N)c(C(C)(C)C#N)c2ccc(Br)cc21. The van der Waals surface area contributed by atoms with E-state index in [0.717, 1.165) is 20.9 Å². The Morgan fingerprint density at radius 2 is 1.46 bits per heavy atom. The van der Waals surface area contributed by atoms with Gasteiger partial charge < -0.3 is 8.99 Å². The monoisotopic (exact) mass is 597 g/mol. The number of nitrogens with zero attached hydrogens (tertiary/aromatic N) is 3. The first-order chi connectivity index (χ1) is 18.5. The maximum atomic E-state index is 10.3. The fourth-order valence-electron chi connectivity index (χ4n) is 5.71. The summed E-state index contributed by atoms with van der Waals surface area (Å²) in [5, 5.41) is 23.6. The molecule has 4 aromatic rings. The van der Waals surface area contributed by atoms with Crippen LogP contribution in [0.5, 0.6) is 0 Å². The summed E-state index contributed by atoms with van der Waals surface area (Å²) in [4.78, 5) is 0. The molecule has 0 aliphatic carbocycles. The summed E-state index contributed by atoms with van der Waals surface area (Å²) in [5.74, 6) is 0.117. The van der Waals surface area contributed by atoms with Crippen LogP contribution in [0.2, 0.25) is 5.04 Å². The standard InChI is InChI=1S/C33H36BrN3OSi/c1-24(21-37-29-19-25(34)17-18-28(29)31(30(37)20-35)33(5,6)23-36)22-38-39(32(2,3)4,26-13-9-7-10-14-26)27-15-11-8-12-16-27/h7-19,24H,21-22H2,1-6H3/t24-/m0/s1. The summed E-state index contributed by atoms with van der Waals surface area (Å²) in [5.41, 5.74) is 1.50. The molecular formula is C33H36BrN3OSi. The van der Waals surface area contributed by atoms with Crippen molar-refractivity contribution in [1.29, 1.82) is 10.5 Å². The molecular weight excluding hydrogens is 562 g/mol. The third-order valence-electron chi connectivity index (χ3n) is 7.53. The molecule has 0 aliphatic heterocycles. The minimum Gasteiger partial charge on any atom is -0.407 e. The summed E-state index contributed by atoms with van der Waals surface area (Å²) in [6.45, 7) is 13.9. The largest absolute Gasteiger partial charge is 0.407 e. The van der Waals surface area contributed by atoms with Crippen molar-refractivity contribution in [2.45, 2.75) is 58.5 Å². The van der Waals surface area contributed by atoms with Gasteiger partial charge in [0.2, 0.25) is 0 Å². The van der Waals surface area contributed by atoms with E-state index in [-0.39, 0.29) is 11.0 Å². The van der Waals surface area contributed by atoms with Crippen molar-refractivity contribution in [2.24, 2.45) is 5.92 Å². The summed E-state index contributed by atoms with van der Waals surface area (Å²) in [6, 6.07) is 32.2. The fourth-order valence-corrected chi connectivity index (χ4v) is 10.7. The molecule has 0 bridgehead atoms. The lowest BCUT2D eigenvalue weighted by atomic mass is 9.84. The van der Waals surface area contributed by atoms with E-state index in [1.807, 2.05) is 32.0 Å². The van der Waals surface area contributed by atoms with Gasteiger partial charge in [-0.25, -0.2) is 0 Å². The van der Waals surface area contributed by atoms with Crippen LogP contribution in [0.3, 0.4) is 0 Å². The van der Waals surface area contributed by atoms with E-state index in [1.54, 1.807) is 0 Å². The number of halogens is 1. The lowest BCUT2D eigenvalue weighted by Gasteiger charge is -2.43. The van der Waals surface area contributed by atoms with Gasteiger partial charge in [0.1, 0.15) is 11.8 Å². The molecule has 200 valence electrons. The summed E-state index contributed by atoms with van der Waals surface area (Å²) in [7, 11) is -2.67. The minimum absolute atomic E-state index is 0.109. The van der Waals surface area contributed by atoms with Crippen molar-refractivity contribution in [2.75, 3.05) is 6.61 Å². The van der Waals surface area contributed by atoms with Crippen LogP contribution in [0.4, 0.5) is 0 Å². The molecule has 1 atom stereocenters. The van der Waals surface area contributed by atoms with Gasteiger partial charge in [-0.05, 0) is 47.3 Å². The molecule has 0 unspecified atom stereocenters. The van der Waals surface area contributed by atoms with Gasteiger partial charge in [-0.3, -0.25) is 0 Å². The van der Waals surface area contributed by atoms with Crippen LogP contribution >= 0.6 is 15.9 Å². The molecule has 0 saturated heterocycles. The highest BCUT2D eigenvalue weighted by atomic mass is 79.9. The van der Waals surface area contributed by atoms with Crippen LogP contribution in [-0.2, 0) is 16.4 Å². The van der Waals surface area contributed by atoms with E-state index < -0.39 is 13.7 Å². The van der Waals surface area contributed by atoms with Crippen LogP contribution in [0, 0.1) is 28.6 Å². The maximum absolute atomic E-state index is 10.3. The molecule has 0 saturated carbocycles. The molecule has 0 fully saturated rings. The average molecular weight is 599 g/mol. The zero-order valence-electron chi connectivity index (χ0n) is 23.6. The van der Waals surface area contributed by atoms with Crippen molar-refractivity contribution < 1.29 is 4.43 Å². The normalized spacial score (nSPS) is 13.2. The van der Waals surface area contributed by atoms with Gasteiger partial charge in [0.25, 0.3) is 8.32 Å². The minimum atomic E-state index is -2.67. The Morgan fingerprint density at radius 1 is 0.897 bits per heavy atom. The molecule has 1 aromatic heterocycles. The van der Waals surface area contributed by atoms with E-state index in [9.17, 15) is 10.5 Å². The molecule has 39 heavy (non-hydrogen) atoms. The second-order valence-corrected chi connectivity index (χ2v) is 17.1. The molecule has 0 amide bonds. The van der Waals surface area contributed by atoms with E-state index in [0.29, 0.717) is 18.8 Å². The number of hydrogen-bond acceptors (Lipinski definition) is 3. The van der Waals surface area contributed by atoms with Crippen molar-refractivity contribution in [3.63, 3.8) is 0 Å². The Bertz CT molecular complexity index is 1500. The number of nitriles is 2. The first-order valence-electron chi connectivity index (χ1n) is 13.3. The summed E-state index contributed by atoms with van der Waals surface area (Å²) >= 11 is 3.61. The molecule has 6 heteroatoms. The topological polar surface area (TPSA) is 61.7 Å². The first kappa shape index (κ1) is 28.8. The lowest BCUT2D eigenvalue weighted by Crippen LogP contribution is -2.66. The van der Waals surface area contributed by atoms with Gasteiger partial charge in [0.15, 0.2) is 0 Å². The number of rotatable bonds is 8. The third kappa shape index (κ3) is 5.34. The van der Waals surface area contributed by atoms with Crippen LogP contribution in [0.15, 0.2) is 83.3 Å². The molecule has 0 radical (unpaired) electrons. The molecule has 0 spiro atoms. The fraction of sp³-hybridized carbons (Fsp3) is 0.333. The van der Waals surface area contributed by atoms with Crippen molar-refractivity contribution in [3.8, 4) is 12.1 Å². The summed E-state index contributed by atoms with van der Waals surface area (Å²) in [6.07, 6.45) is 0. The molecule has 3 aromatic carbocycles. The van der Waals surface area contributed by atoms with Gasteiger partial charge in [-0.15, -0.1) is 0 Å². The number of aromatic nitrogens is 1. The molecule has 1 heterocycles. The van der Waals surface area contributed by atoms with Crippen molar-refractivity contribution in [3.05, 3.63) is 94.6 Å². The van der Waals surface area contributed by atoms with Gasteiger partial charge >= 0.3 is 0 Å². The third-order valence-corrected chi connectivity index (χ3v) is 13.0. The smallest absolute Gasteiger partial charge is 0.261 e. The lowest BCUT2D eigenvalue weighted by molar-refractivity contribution is 0.232. The van der Waals surface area contributed by atoms with E-state index >= 15 is 0 Å². The average Bonchev–Trinajstić information content (AvgIpc) is 3.22. The second kappa shape index (κ2) is 11.1. The molecule has 0 N–H and O–H groups in total. The Balaban J connectivity index is 1.76. The Hall–Kier alpha value is -3.16. The molecule has 0 aliphatic rings. The van der Waals surface area contributed by atoms with Crippen molar-refractivity contribution in [1.82, 2.24) is 4.57 Å². The molecule has 4 nitrogen and oxygen atoms in total. The predicted octanol–water partition coefficient (Wildman–Crippen LogP) is 7.29. The number of hydrogen-bond donors (Lipinski definition) is 0. The van der Waals surface area contributed by atoms with Crippen LogP contribution in [0.25, 0.3) is 10.9 Å². The van der Waals surface area contributed by atoms with Gasteiger partial charge in [-0.2, -0.15) is 10.5 Å². The zero-order chi connectivity index (χ0) is 28.4.